The van der Waals surface area contributed by atoms with Crippen LogP contribution in [-0.4, -0.2) is 210 Å². The number of hydrogen-bond acceptors (Lipinski definition) is 19. The van der Waals surface area contributed by atoms with Gasteiger partial charge in [-0.25, -0.2) is 0 Å². The molecule has 3 heterocycles. The highest BCUT2D eigenvalue weighted by Gasteiger charge is 2.46. The molecule has 3 N–H and O–H groups in total. The number of unbranched alkanes of at least 4 members (excludes halogenated alkanes) is 4. The Kier molecular flexibility index (Phi) is 28.0. The third-order valence-corrected chi connectivity index (χ3v) is 19.3. The van der Waals surface area contributed by atoms with Crippen molar-refractivity contribution in [3.8, 4) is 0 Å². The smallest absolute Gasteiger partial charge is 0.320 e. The van der Waals surface area contributed by atoms with Crippen LogP contribution in [0.15, 0.2) is 94.4 Å². The summed E-state index contributed by atoms with van der Waals surface area (Å²) in [7, 11) is -9.06. The lowest BCUT2D eigenvalue weighted by molar-refractivity contribution is -0.438. The van der Waals surface area contributed by atoms with Crippen LogP contribution in [0.3, 0.4) is 0 Å². The van der Waals surface area contributed by atoms with Gasteiger partial charge in [-0.2, -0.15) is 21.4 Å². The fraction of sp³-hybridized carbons (Fsp3) is 0.613. The van der Waals surface area contributed by atoms with E-state index in [4.69, 9.17) is 18.9 Å². The second-order valence-electron chi connectivity index (χ2n) is 31.7. The first-order valence-electron chi connectivity index (χ1n) is 34.8. The zero-order valence-electron chi connectivity index (χ0n) is 61.9. The minimum Gasteiger partial charge on any atom is -0.481 e. The lowest BCUT2D eigenvalue weighted by Crippen LogP contribution is -2.54. The van der Waals surface area contributed by atoms with Crippen LogP contribution in [0, 0.1) is 0 Å². The highest BCUT2D eigenvalue weighted by atomic mass is 32.2. The molecule has 0 saturated carbocycles. The number of carbonyl (C=O) groups excluding carboxylic acids is 5. The van der Waals surface area contributed by atoms with E-state index in [0.717, 1.165) is 33.9 Å². The summed E-state index contributed by atoms with van der Waals surface area (Å²) in [6.07, 6.45) is 10.6. The third kappa shape index (κ3) is 25.7. The van der Waals surface area contributed by atoms with Crippen molar-refractivity contribution < 1.29 is 83.3 Å². The number of allylic oxidation sites excluding steroid dienone is 4. The van der Waals surface area contributed by atoms with Gasteiger partial charge in [0.15, 0.2) is 5.71 Å². The van der Waals surface area contributed by atoms with Gasteiger partial charge in [0, 0.05) is 119 Å². The number of fused-ring (bicyclic) bond motifs is 2. The summed E-state index contributed by atoms with van der Waals surface area (Å²) >= 11 is 0. The molecule has 1 unspecified atom stereocenters. The lowest BCUT2D eigenvalue weighted by atomic mass is 9.81. The minimum absolute atomic E-state index is 0.0325. The van der Waals surface area contributed by atoms with Gasteiger partial charge < -0.3 is 29.0 Å². The third-order valence-electron chi connectivity index (χ3n) is 17.6. The number of aliphatic carboxylic acids is 1. The Morgan fingerprint density at radius 3 is 1.53 bits per heavy atom. The van der Waals surface area contributed by atoms with Crippen molar-refractivity contribution in [3.05, 3.63) is 107 Å². The largest absolute Gasteiger partial charge is 0.481 e. The van der Waals surface area contributed by atoms with Gasteiger partial charge in [0.1, 0.15) is 34.7 Å². The fourth-order valence-electron chi connectivity index (χ4n) is 13.0. The van der Waals surface area contributed by atoms with Gasteiger partial charge in [-0.3, -0.25) is 57.5 Å². The van der Waals surface area contributed by atoms with E-state index in [1.807, 2.05) is 173 Å². The Bertz CT molecular complexity index is 3740. The van der Waals surface area contributed by atoms with Crippen molar-refractivity contribution in [2.24, 2.45) is 0 Å². The molecule has 3 aromatic carbocycles. The van der Waals surface area contributed by atoms with Gasteiger partial charge in [-0.05, 0) is 182 Å². The maximum absolute atomic E-state index is 13.9. The Hall–Kier alpha value is -6.71. The van der Waals surface area contributed by atoms with Gasteiger partial charge in [-0.15, -0.1) is 0 Å². The summed E-state index contributed by atoms with van der Waals surface area (Å²) in [5.74, 6) is -2.53. The molecule has 0 radical (unpaired) electrons. The number of carboxylic acids is 1. The molecular formula is C75H111N6O17S2+. The van der Waals surface area contributed by atoms with Gasteiger partial charge >= 0.3 is 29.8 Å². The molecule has 23 nitrogen and oxygen atoms in total. The standard InChI is InChI=1S/C75H110N6O17S2/c1-70(2,3)95-66(85)49-76-38-39-77(50-67(86)96-71(4,5)6)42-43-79(52-69(88)98-73(10,11)12)55(48-78(41-40-76)51-68(87)97-72(7,8)9)44-53-28-30-54(31-29-53)45-56(82)24-19-17-21-36-80-61-34-32-57(99(89,90)91)46-59(61)74(13,14)63(80)25-23-26-64-75(15,16)60-47-58(100(92,93)94)33-35-62(60)81(64)37-22-18-20-27-65(83)84/h23,25-26,28-35,46-47,55H,17-22,24,27,36-45,48-52H2,1-16H3,(H2-,83,84,89,90,91,92,93,94)/p+1. The SMILES string of the molecule is CC(C)(C)OC(=O)CN1CCN(CC(=O)OC(C)(C)C)CCN(CC(=O)OC(C)(C)C)C(Cc2ccc(CC(=O)CCCCC[N+]3=C(C=CC=C4N(CCCCCC(=O)O)c5ccc(S(=O)(=O)O)cc5C4(C)C)C(C)(C)c4cc(S(=O)(=O)O)ccc43)cc2)CN(CC(=O)OC(C)(C)C)CC1. The number of hydrogen-bond donors (Lipinski definition) is 3. The highest BCUT2D eigenvalue weighted by molar-refractivity contribution is 7.86. The molecule has 554 valence electrons. The van der Waals surface area contributed by atoms with E-state index >= 15 is 0 Å². The van der Waals surface area contributed by atoms with Crippen LogP contribution >= 0.6 is 0 Å². The van der Waals surface area contributed by atoms with Gasteiger partial charge in [0.05, 0.1) is 41.4 Å². The molecule has 6 rings (SSSR count). The molecule has 100 heavy (non-hydrogen) atoms. The maximum atomic E-state index is 13.9. The van der Waals surface area contributed by atoms with Crippen molar-refractivity contribution in [2.75, 3.05) is 90.0 Å². The van der Waals surface area contributed by atoms with Crippen molar-refractivity contribution in [1.82, 2.24) is 19.6 Å². The van der Waals surface area contributed by atoms with E-state index in [-0.39, 0.29) is 54.6 Å². The molecule has 0 amide bonds. The Morgan fingerprint density at radius 1 is 0.550 bits per heavy atom. The van der Waals surface area contributed by atoms with Crippen LogP contribution in [0.5, 0.6) is 0 Å². The van der Waals surface area contributed by atoms with Crippen LogP contribution in [0.25, 0.3) is 0 Å². The summed E-state index contributed by atoms with van der Waals surface area (Å²) in [5.41, 5.74) is 1.83. The van der Waals surface area contributed by atoms with Crippen LogP contribution in [0.2, 0.25) is 0 Å². The zero-order valence-corrected chi connectivity index (χ0v) is 63.5. The predicted molar refractivity (Wildman–Crippen MR) is 384 cm³/mol. The number of carboxylic acid groups (broad SMARTS) is 1. The number of esters is 4. The molecule has 1 saturated heterocycles. The predicted octanol–water partition coefficient (Wildman–Crippen LogP) is 10.3. The number of carbonyl (C=O) groups is 6. The molecular weight excluding hydrogens is 1320 g/mol. The monoisotopic (exact) mass is 1430 g/mol. The molecule has 1 atom stereocenters. The average Bonchev–Trinajstić information content (AvgIpc) is 1.59. The number of anilines is 1. The second kappa shape index (κ2) is 34.1. The lowest BCUT2D eigenvalue weighted by Gasteiger charge is -2.39. The average molecular weight is 1430 g/mol. The van der Waals surface area contributed by atoms with Crippen LogP contribution < -0.4 is 4.90 Å². The maximum Gasteiger partial charge on any atom is 0.320 e. The van der Waals surface area contributed by atoms with Crippen molar-refractivity contribution in [3.63, 3.8) is 0 Å². The highest BCUT2D eigenvalue weighted by Crippen LogP contribution is 2.49. The summed E-state index contributed by atoms with van der Waals surface area (Å²) in [5, 5.41) is 9.25. The van der Waals surface area contributed by atoms with Crippen LogP contribution in [0.4, 0.5) is 11.4 Å². The number of benzene rings is 3. The van der Waals surface area contributed by atoms with Crippen molar-refractivity contribution >= 4 is 73.0 Å². The first-order valence-corrected chi connectivity index (χ1v) is 37.7. The van der Waals surface area contributed by atoms with E-state index in [9.17, 15) is 59.8 Å². The van der Waals surface area contributed by atoms with Crippen molar-refractivity contribution in [2.45, 2.75) is 224 Å². The molecule has 0 aromatic heterocycles. The van der Waals surface area contributed by atoms with E-state index in [2.05, 4.69) is 9.48 Å². The number of Topliss-reactive ketones (excluding diaryl/α,β-unsaturated/α-hetero) is 1. The minimum atomic E-state index is -4.55. The van der Waals surface area contributed by atoms with Crippen LogP contribution in [-0.2, 0) is 91.6 Å². The Labute approximate surface area is 593 Å². The quantitative estimate of drug-likeness (QED) is 0.0200. The number of ether oxygens (including phenoxy) is 4. The molecule has 1 fully saturated rings. The fourth-order valence-corrected chi connectivity index (χ4v) is 14.0. The Balaban J connectivity index is 1.22. The normalized spacial score (nSPS) is 18.3. The van der Waals surface area contributed by atoms with E-state index in [1.165, 1.54) is 24.3 Å². The number of rotatable bonds is 28. The number of nitrogens with zero attached hydrogens (tertiary/aromatic N) is 6. The summed E-state index contributed by atoms with van der Waals surface area (Å²) in [6, 6.07) is 16.5. The molecule has 25 heteroatoms. The second-order valence-corrected chi connectivity index (χ2v) is 34.5. The van der Waals surface area contributed by atoms with E-state index < -0.39 is 89.4 Å². The van der Waals surface area contributed by atoms with Gasteiger partial charge in [0.25, 0.3) is 20.2 Å². The summed E-state index contributed by atoms with van der Waals surface area (Å²) < 4.78 is 95.2. The van der Waals surface area contributed by atoms with E-state index in [1.54, 1.807) is 12.1 Å². The van der Waals surface area contributed by atoms with Crippen LogP contribution in [0.1, 0.15) is 184 Å². The summed E-state index contributed by atoms with van der Waals surface area (Å²) in [6.45, 7) is 32.7. The zero-order chi connectivity index (χ0) is 74.6. The molecule has 0 spiro atoms. The van der Waals surface area contributed by atoms with Gasteiger partial charge in [0.2, 0.25) is 5.69 Å². The van der Waals surface area contributed by atoms with Gasteiger partial charge in [-0.1, -0.05) is 50.6 Å². The summed E-state index contributed by atoms with van der Waals surface area (Å²) in [4.78, 5) is 89.3. The first-order chi connectivity index (χ1) is 46.2. The Morgan fingerprint density at radius 2 is 1.01 bits per heavy atom. The first kappa shape index (κ1) is 82.2. The molecule has 3 aromatic rings. The molecule has 0 aliphatic carbocycles. The molecule has 3 aliphatic heterocycles. The topological polar surface area (TPSA) is 288 Å². The molecule has 0 bridgehead atoms. The van der Waals surface area contributed by atoms with E-state index in [0.29, 0.717) is 121 Å². The van der Waals surface area contributed by atoms with Crippen molar-refractivity contribution in [1.29, 1.82) is 0 Å². The molecule has 3 aliphatic rings. The number of ketones is 1.